The van der Waals surface area contributed by atoms with E-state index in [4.69, 9.17) is 21.4 Å². The van der Waals surface area contributed by atoms with Gasteiger partial charge >= 0.3 is 12.1 Å². The summed E-state index contributed by atoms with van der Waals surface area (Å²) in [5, 5.41) is 8.80. The van der Waals surface area contributed by atoms with Gasteiger partial charge in [-0.2, -0.15) is 13.2 Å². The lowest BCUT2D eigenvalue weighted by Crippen LogP contribution is -2.19. The Kier molecular flexibility index (Phi) is 6.36. The van der Waals surface area contributed by atoms with Crippen LogP contribution in [0.5, 0.6) is 5.75 Å². The van der Waals surface area contributed by atoms with Crippen LogP contribution in [0, 0.1) is 0 Å². The second-order valence-corrected chi connectivity index (χ2v) is 4.20. The molecule has 0 spiro atoms. The summed E-state index contributed by atoms with van der Waals surface area (Å²) in [7, 11) is 0. The van der Waals surface area contributed by atoms with Gasteiger partial charge in [-0.1, -0.05) is 12.1 Å². The fourth-order valence-corrected chi connectivity index (χ4v) is 1.37. The third-order valence-corrected chi connectivity index (χ3v) is 2.28. The van der Waals surface area contributed by atoms with Crippen molar-refractivity contribution in [1.82, 2.24) is 0 Å². The zero-order valence-electron chi connectivity index (χ0n) is 10.7. The van der Waals surface area contributed by atoms with Crippen molar-refractivity contribution in [3.8, 4) is 5.75 Å². The lowest BCUT2D eigenvalue weighted by molar-refractivity contribution is -0.169. The fraction of sp³-hybridized carbons (Fsp3) is 0.308. The smallest absolute Gasteiger partial charge is 0.422 e. The van der Waals surface area contributed by atoms with Crippen molar-refractivity contribution in [2.24, 2.45) is 0 Å². The summed E-state index contributed by atoms with van der Waals surface area (Å²) in [6.45, 7) is -1.35. The van der Waals surface area contributed by atoms with Crippen LogP contribution in [-0.4, -0.2) is 36.3 Å². The Morgan fingerprint density at radius 3 is 2.38 bits per heavy atom. The van der Waals surface area contributed by atoms with Crippen LogP contribution in [0.1, 0.15) is 5.56 Å². The molecule has 0 bridgehead atoms. The number of rotatable bonds is 7. The zero-order valence-corrected chi connectivity index (χ0v) is 11.4. The molecule has 0 saturated heterocycles. The van der Waals surface area contributed by atoms with E-state index >= 15 is 0 Å². The van der Waals surface area contributed by atoms with E-state index in [1.165, 1.54) is 12.1 Å². The summed E-state index contributed by atoms with van der Waals surface area (Å²) in [6, 6.07) is 6.07. The summed E-state index contributed by atoms with van der Waals surface area (Å²) in [6.07, 6.45) is -3.60. The van der Waals surface area contributed by atoms with Gasteiger partial charge in [0.2, 0.25) is 5.76 Å². The molecular weight excluding hydrogens is 313 g/mol. The van der Waals surface area contributed by atoms with Gasteiger partial charge in [-0.05, 0) is 23.8 Å². The molecule has 0 radical (unpaired) electrons. The average Bonchev–Trinajstić information content (AvgIpc) is 2.41. The molecule has 0 aromatic heterocycles. The Morgan fingerprint density at radius 1 is 1.29 bits per heavy atom. The Bertz CT molecular complexity index is 497. The number of halogens is 4. The van der Waals surface area contributed by atoms with E-state index in [-0.39, 0.29) is 0 Å². The van der Waals surface area contributed by atoms with Crippen LogP contribution >= 0.6 is 11.6 Å². The highest BCUT2D eigenvalue weighted by Gasteiger charge is 2.29. The first-order valence-corrected chi connectivity index (χ1v) is 6.28. The van der Waals surface area contributed by atoms with Crippen LogP contribution in [0.4, 0.5) is 13.2 Å². The maximum absolute atomic E-state index is 12.0. The van der Waals surface area contributed by atoms with Crippen molar-refractivity contribution >= 4 is 23.6 Å². The molecule has 0 atom stereocenters. The van der Waals surface area contributed by atoms with Gasteiger partial charge in [0.05, 0.1) is 5.88 Å². The number of hydrogen-bond donors (Lipinski definition) is 1. The summed E-state index contributed by atoms with van der Waals surface area (Å²) in [5.74, 6) is -1.54. The molecule has 1 rings (SSSR count). The number of ether oxygens (including phenoxy) is 2. The minimum atomic E-state index is -4.60. The first-order chi connectivity index (χ1) is 9.81. The minimum absolute atomic E-state index is 0.311. The van der Waals surface area contributed by atoms with E-state index in [1.54, 1.807) is 12.1 Å². The summed E-state index contributed by atoms with van der Waals surface area (Å²) in [4.78, 5) is 10.8. The van der Waals surface area contributed by atoms with Crippen molar-refractivity contribution in [2.45, 2.75) is 6.18 Å². The molecule has 1 N–H and O–H groups in total. The standard InChI is InChI=1S/C13H12ClF3O4/c14-5-6-20-10-3-1-9(2-4-10)7-11(12(18)19)21-8-13(15,16)17/h1-4,7H,5-6,8H2,(H,18,19). The van der Waals surface area contributed by atoms with E-state index in [9.17, 15) is 18.0 Å². The minimum Gasteiger partial charge on any atom is -0.492 e. The lowest BCUT2D eigenvalue weighted by Gasteiger charge is -2.09. The number of carboxylic acid groups (broad SMARTS) is 1. The fourth-order valence-electron chi connectivity index (χ4n) is 1.29. The summed E-state index contributed by atoms with van der Waals surface area (Å²) < 4.78 is 45.5. The second kappa shape index (κ2) is 7.78. The number of aliphatic carboxylic acids is 1. The van der Waals surface area contributed by atoms with Crippen LogP contribution in [0.3, 0.4) is 0 Å². The molecule has 0 amide bonds. The first kappa shape index (κ1) is 17.2. The molecule has 4 nitrogen and oxygen atoms in total. The van der Waals surface area contributed by atoms with E-state index in [1.807, 2.05) is 0 Å². The van der Waals surface area contributed by atoms with Gasteiger partial charge in [-0.3, -0.25) is 0 Å². The maximum atomic E-state index is 12.0. The lowest BCUT2D eigenvalue weighted by atomic mass is 10.2. The van der Waals surface area contributed by atoms with E-state index in [2.05, 4.69) is 4.74 Å². The Balaban J connectivity index is 2.78. The molecule has 116 valence electrons. The number of benzene rings is 1. The summed E-state index contributed by atoms with van der Waals surface area (Å²) >= 11 is 5.45. The van der Waals surface area contributed by atoms with Crippen molar-refractivity contribution < 1.29 is 32.5 Å². The predicted molar refractivity (Wildman–Crippen MR) is 70.3 cm³/mol. The number of carbonyl (C=O) groups is 1. The zero-order chi connectivity index (χ0) is 15.9. The number of hydrogen-bond acceptors (Lipinski definition) is 3. The molecule has 8 heteroatoms. The van der Waals surface area contributed by atoms with Gasteiger partial charge in [-0.25, -0.2) is 4.79 Å². The topological polar surface area (TPSA) is 55.8 Å². The molecule has 0 unspecified atom stereocenters. The van der Waals surface area contributed by atoms with Gasteiger partial charge in [0.15, 0.2) is 6.61 Å². The Labute approximate surface area is 123 Å². The molecule has 0 saturated carbocycles. The van der Waals surface area contributed by atoms with Crippen molar-refractivity contribution in [2.75, 3.05) is 19.1 Å². The van der Waals surface area contributed by atoms with Crippen LogP contribution in [0.2, 0.25) is 0 Å². The molecular formula is C13H12ClF3O4. The molecule has 0 aliphatic heterocycles. The van der Waals surface area contributed by atoms with Crippen molar-refractivity contribution in [3.05, 3.63) is 35.6 Å². The van der Waals surface area contributed by atoms with Crippen molar-refractivity contribution in [3.63, 3.8) is 0 Å². The van der Waals surface area contributed by atoms with Crippen LogP contribution in [0.25, 0.3) is 6.08 Å². The SMILES string of the molecule is O=C(O)C(=Cc1ccc(OCCCl)cc1)OCC(F)(F)F. The highest BCUT2D eigenvalue weighted by Crippen LogP contribution is 2.19. The summed E-state index contributed by atoms with van der Waals surface area (Å²) in [5.41, 5.74) is 0.368. The quantitative estimate of drug-likeness (QED) is 0.475. The molecule has 1 aromatic rings. The monoisotopic (exact) mass is 324 g/mol. The molecule has 0 fully saturated rings. The third kappa shape index (κ3) is 6.89. The van der Waals surface area contributed by atoms with Gasteiger partial charge in [0.25, 0.3) is 0 Å². The number of alkyl halides is 4. The maximum Gasteiger partial charge on any atom is 0.422 e. The van der Waals surface area contributed by atoms with Crippen LogP contribution in [-0.2, 0) is 9.53 Å². The highest BCUT2D eigenvalue weighted by atomic mass is 35.5. The van der Waals surface area contributed by atoms with Crippen molar-refractivity contribution in [1.29, 1.82) is 0 Å². The average molecular weight is 325 g/mol. The molecule has 0 aliphatic carbocycles. The third-order valence-electron chi connectivity index (χ3n) is 2.13. The molecule has 0 heterocycles. The largest absolute Gasteiger partial charge is 0.492 e. The highest BCUT2D eigenvalue weighted by molar-refractivity contribution is 6.18. The predicted octanol–water partition coefficient (Wildman–Crippen LogP) is 3.31. The second-order valence-electron chi connectivity index (χ2n) is 3.82. The Hall–Kier alpha value is -1.89. The Morgan fingerprint density at radius 2 is 1.90 bits per heavy atom. The van der Waals surface area contributed by atoms with Crippen LogP contribution < -0.4 is 4.74 Å². The van der Waals surface area contributed by atoms with Gasteiger partial charge < -0.3 is 14.6 Å². The molecule has 21 heavy (non-hydrogen) atoms. The van der Waals surface area contributed by atoms with Gasteiger partial charge in [0, 0.05) is 0 Å². The van der Waals surface area contributed by atoms with Gasteiger partial charge in [-0.15, -0.1) is 11.6 Å². The molecule has 1 aromatic carbocycles. The van der Waals surface area contributed by atoms with E-state index in [0.29, 0.717) is 23.8 Å². The first-order valence-electron chi connectivity index (χ1n) is 5.75. The van der Waals surface area contributed by atoms with E-state index in [0.717, 1.165) is 6.08 Å². The normalized spacial score (nSPS) is 12.1. The van der Waals surface area contributed by atoms with Gasteiger partial charge in [0.1, 0.15) is 12.4 Å². The molecule has 0 aliphatic rings. The van der Waals surface area contributed by atoms with Crippen LogP contribution in [0.15, 0.2) is 30.0 Å². The van der Waals surface area contributed by atoms with E-state index < -0.39 is 24.5 Å². The number of carboxylic acids is 1.